The first-order chi connectivity index (χ1) is 9.66. The Morgan fingerprint density at radius 3 is 2.60 bits per heavy atom. The number of nitrogens with zero attached hydrogens (tertiary/aromatic N) is 2. The first-order valence-electron chi connectivity index (χ1n) is 6.34. The molecule has 0 aromatic heterocycles. The third-order valence-corrected chi connectivity index (χ3v) is 3.65. The van der Waals surface area contributed by atoms with Crippen LogP contribution in [0.25, 0.3) is 0 Å². The molecule has 0 amide bonds. The lowest BCUT2D eigenvalue weighted by Gasteiger charge is -2.25. The van der Waals surface area contributed by atoms with Crippen molar-refractivity contribution in [1.82, 2.24) is 4.90 Å². The standard InChI is InChI=1S/C13H17Cl2N3O2/c14-11-2-1-3-12(15)10(11)9-20-17-13(16)8-18-4-6-19-7-5-18/h1-3H,4-9H2,(H2,16,17). The third-order valence-electron chi connectivity index (χ3n) is 2.94. The first-order valence-corrected chi connectivity index (χ1v) is 7.09. The molecule has 1 aromatic carbocycles. The summed E-state index contributed by atoms with van der Waals surface area (Å²) in [6, 6.07) is 5.30. The summed E-state index contributed by atoms with van der Waals surface area (Å²) in [5, 5.41) is 5.00. The molecule has 1 heterocycles. The molecule has 20 heavy (non-hydrogen) atoms. The Bertz CT molecular complexity index is 456. The van der Waals surface area contributed by atoms with Crippen molar-refractivity contribution >= 4 is 29.0 Å². The molecule has 0 atom stereocenters. The molecule has 1 aromatic rings. The predicted octanol–water partition coefficient (Wildman–Crippen LogP) is 2.11. The maximum atomic E-state index is 6.03. The summed E-state index contributed by atoms with van der Waals surface area (Å²) in [4.78, 5) is 7.38. The van der Waals surface area contributed by atoms with E-state index in [1.165, 1.54) is 0 Å². The lowest BCUT2D eigenvalue weighted by Crippen LogP contribution is -2.41. The van der Waals surface area contributed by atoms with E-state index in [0.29, 0.717) is 28.0 Å². The lowest BCUT2D eigenvalue weighted by molar-refractivity contribution is 0.0443. The minimum Gasteiger partial charge on any atom is -0.389 e. The summed E-state index contributed by atoms with van der Waals surface area (Å²) in [5.74, 6) is 0.426. The van der Waals surface area contributed by atoms with Crippen LogP contribution in [0.1, 0.15) is 5.56 Å². The second-order valence-corrected chi connectivity index (χ2v) is 5.26. The van der Waals surface area contributed by atoms with Crippen molar-refractivity contribution in [3.05, 3.63) is 33.8 Å². The van der Waals surface area contributed by atoms with Crippen LogP contribution < -0.4 is 5.73 Å². The van der Waals surface area contributed by atoms with Gasteiger partial charge in [0.15, 0.2) is 5.84 Å². The molecule has 0 unspecified atom stereocenters. The molecule has 2 rings (SSSR count). The van der Waals surface area contributed by atoms with Gasteiger partial charge in [0.05, 0.1) is 19.8 Å². The van der Waals surface area contributed by atoms with Gasteiger partial charge in [-0.15, -0.1) is 0 Å². The molecule has 7 heteroatoms. The van der Waals surface area contributed by atoms with Crippen molar-refractivity contribution in [2.45, 2.75) is 6.61 Å². The van der Waals surface area contributed by atoms with Crippen LogP contribution in [0, 0.1) is 0 Å². The minimum atomic E-state index is 0.197. The summed E-state index contributed by atoms with van der Waals surface area (Å²) >= 11 is 12.1. The van der Waals surface area contributed by atoms with Gasteiger partial charge >= 0.3 is 0 Å². The number of morpholine rings is 1. The van der Waals surface area contributed by atoms with Gasteiger partial charge in [0.1, 0.15) is 6.61 Å². The Morgan fingerprint density at radius 2 is 1.95 bits per heavy atom. The number of hydrogen-bond acceptors (Lipinski definition) is 4. The number of oxime groups is 1. The van der Waals surface area contributed by atoms with Crippen LogP contribution in [0.4, 0.5) is 0 Å². The fourth-order valence-electron chi connectivity index (χ4n) is 1.87. The quantitative estimate of drug-likeness (QED) is 0.513. The van der Waals surface area contributed by atoms with E-state index in [0.717, 1.165) is 26.3 Å². The Labute approximate surface area is 128 Å². The maximum absolute atomic E-state index is 6.03. The van der Waals surface area contributed by atoms with E-state index in [4.69, 9.17) is 38.5 Å². The van der Waals surface area contributed by atoms with Crippen molar-refractivity contribution in [3.63, 3.8) is 0 Å². The van der Waals surface area contributed by atoms with Crippen molar-refractivity contribution < 1.29 is 9.57 Å². The highest BCUT2D eigenvalue weighted by molar-refractivity contribution is 6.35. The fourth-order valence-corrected chi connectivity index (χ4v) is 2.37. The van der Waals surface area contributed by atoms with Gasteiger partial charge in [0.2, 0.25) is 0 Å². The SMILES string of the molecule is N/C(CN1CCOCC1)=N\OCc1c(Cl)cccc1Cl. The zero-order valence-corrected chi connectivity index (χ0v) is 12.5. The van der Waals surface area contributed by atoms with Gasteiger partial charge in [0.25, 0.3) is 0 Å². The van der Waals surface area contributed by atoms with E-state index < -0.39 is 0 Å². The van der Waals surface area contributed by atoms with Gasteiger partial charge in [-0.05, 0) is 12.1 Å². The molecule has 110 valence electrons. The smallest absolute Gasteiger partial charge is 0.153 e. The predicted molar refractivity (Wildman–Crippen MR) is 80.1 cm³/mol. The average Bonchev–Trinajstić information content (AvgIpc) is 2.43. The van der Waals surface area contributed by atoms with E-state index in [1.54, 1.807) is 18.2 Å². The molecule has 0 saturated carbocycles. The molecular weight excluding hydrogens is 301 g/mol. The molecule has 0 aliphatic carbocycles. The van der Waals surface area contributed by atoms with Crippen molar-refractivity contribution in [3.8, 4) is 0 Å². The number of rotatable bonds is 5. The topological polar surface area (TPSA) is 60.1 Å². The number of ether oxygens (including phenoxy) is 1. The Hall–Kier alpha value is -1.01. The van der Waals surface area contributed by atoms with E-state index in [1.807, 2.05) is 0 Å². The average molecular weight is 318 g/mol. The van der Waals surface area contributed by atoms with Crippen molar-refractivity contribution in [2.75, 3.05) is 32.8 Å². The molecule has 1 fully saturated rings. The van der Waals surface area contributed by atoms with Crippen LogP contribution >= 0.6 is 23.2 Å². The van der Waals surface area contributed by atoms with Gasteiger partial charge in [0, 0.05) is 28.7 Å². The summed E-state index contributed by atoms with van der Waals surface area (Å²) in [5.41, 5.74) is 6.53. The van der Waals surface area contributed by atoms with Crippen molar-refractivity contribution in [2.24, 2.45) is 10.9 Å². The van der Waals surface area contributed by atoms with Crippen LogP contribution in [0.15, 0.2) is 23.4 Å². The fraction of sp³-hybridized carbons (Fsp3) is 0.462. The molecule has 5 nitrogen and oxygen atoms in total. The number of benzene rings is 1. The van der Waals surface area contributed by atoms with Gasteiger partial charge in [-0.3, -0.25) is 4.90 Å². The van der Waals surface area contributed by atoms with Crippen LogP contribution in [0.3, 0.4) is 0 Å². The molecule has 1 aliphatic heterocycles. The normalized spacial score (nSPS) is 17.2. The number of hydrogen-bond donors (Lipinski definition) is 1. The largest absolute Gasteiger partial charge is 0.389 e. The third kappa shape index (κ3) is 4.52. The Morgan fingerprint density at radius 1 is 1.30 bits per heavy atom. The minimum absolute atomic E-state index is 0.197. The van der Waals surface area contributed by atoms with Crippen LogP contribution in [-0.2, 0) is 16.2 Å². The first kappa shape index (κ1) is 15.4. The number of nitrogens with two attached hydrogens (primary N) is 1. The van der Waals surface area contributed by atoms with Gasteiger partial charge in [-0.2, -0.15) is 0 Å². The molecule has 1 saturated heterocycles. The van der Waals surface area contributed by atoms with Crippen LogP contribution in [-0.4, -0.2) is 43.6 Å². The second kappa shape index (κ2) is 7.69. The van der Waals surface area contributed by atoms with Crippen LogP contribution in [0.5, 0.6) is 0 Å². The van der Waals surface area contributed by atoms with Crippen LogP contribution in [0.2, 0.25) is 10.0 Å². The summed E-state index contributed by atoms with van der Waals surface area (Å²) in [6.07, 6.45) is 0. The van der Waals surface area contributed by atoms with E-state index in [-0.39, 0.29) is 6.61 Å². The summed E-state index contributed by atoms with van der Waals surface area (Å²) in [6.45, 7) is 3.92. The second-order valence-electron chi connectivity index (χ2n) is 4.44. The summed E-state index contributed by atoms with van der Waals surface area (Å²) in [7, 11) is 0. The monoisotopic (exact) mass is 317 g/mol. The summed E-state index contributed by atoms with van der Waals surface area (Å²) < 4.78 is 5.26. The zero-order chi connectivity index (χ0) is 14.4. The highest BCUT2D eigenvalue weighted by Crippen LogP contribution is 2.24. The van der Waals surface area contributed by atoms with E-state index >= 15 is 0 Å². The maximum Gasteiger partial charge on any atom is 0.153 e. The van der Waals surface area contributed by atoms with E-state index in [2.05, 4.69) is 10.1 Å². The number of halogens is 2. The highest BCUT2D eigenvalue weighted by atomic mass is 35.5. The molecule has 0 spiro atoms. The lowest BCUT2D eigenvalue weighted by atomic mass is 10.2. The van der Waals surface area contributed by atoms with Gasteiger partial charge in [-0.25, -0.2) is 0 Å². The van der Waals surface area contributed by atoms with E-state index in [9.17, 15) is 0 Å². The molecule has 2 N–H and O–H groups in total. The number of amidine groups is 1. The zero-order valence-electron chi connectivity index (χ0n) is 11.0. The van der Waals surface area contributed by atoms with Gasteiger partial charge < -0.3 is 15.3 Å². The van der Waals surface area contributed by atoms with Crippen molar-refractivity contribution in [1.29, 1.82) is 0 Å². The molecule has 1 aliphatic rings. The molecular formula is C13H17Cl2N3O2. The Kier molecular flexibility index (Phi) is 5.91. The molecule has 0 bridgehead atoms. The Balaban J connectivity index is 1.83. The highest BCUT2D eigenvalue weighted by Gasteiger charge is 2.11. The molecule has 0 radical (unpaired) electrons. The van der Waals surface area contributed by atoms with Gasteiger partial charge in [-0.1, -0.05) is 34.4 Å².